The van der Waals surface area contributed by atoms with Crippen LogP contribution in [-0.4, -0.2) is 54.4 Å². The highest BCUT2D eigenvalue weighted by atomic mass is 32.2. The van der Waals surface area contributed by atoms with Crippen LogP contribution >= 0.6 is 0 Å². The molecule has 30 heavy (non-hydrogen) atoms. The smallest absolute Gasteiger partial charge is 0.243 e. The molecule has 0 spiro atoms. The molecule has 7 nitrogen and oxygen atoms in total. The number of sulfonamides is 1. The molecule has 1 aliphatic heterocycles. The highest BCUT2D eigenvalue weighted by Gasteiger charge is 2.31. The van der Waals surface area contributed by atoms with Gasteiger partial charge in [0.25, 0.3) is 0 Å². The molecule has 1 fully saturated rings. The van der Waals surface area contributed by atoms with E-state index in [2.05, 4.69) is 5.10 Å². The molecule has 1 aliphatic rings. The average Bonchev–Trinajstić information content (AvgIpc) is 3.15. The van der Waals surface area contributed by atoms with Crippen molar-refractivity contribution in [3.05, 3.63) is 54.4 Å². The Kier molecular flexibility index (Phi) is 5.73. The molecule has 0 bridgehead atoms. The van der Waals surface area contributed by atoms with Crippen LogP contribution in [0.4, 0.5) is 0 Å². The van der Waals surface area contributed by atoms with E-state index in [0.717, 1.165) is 16.6 Å². The number of Topliss-reactive ketones (excluding diaryl/α,β-unsaturated/α-hetero) is 1. The second kappa shape index (κ2) is 8.29. The molecule has 0 aliphatic carbocycles. The van der Waals surface area contributed by atoms with Gasteiger partial charge in [-0.25, -0.2) is 12.9 Å². The van der Waals surface area contributed by atoms with E-state index < -0.39 is 10.0 Å². The van der Waals surface area contributed by atoms with Crippen LogP contribution in [0.25, 0.3) is 16.6 Å². The van der Waals surface area contributed by atoms with Gasteiger partial charge >= 0.3 is 0 Å². The number of carbonyl (C=O) groups excluding carboxylic acids is 1. The van der Waals surface area contributed by atoms with E-state index in [9.17, 15) is 13.2 Å². The molecule has 158 valence electrons. The van der Waals surface area contributed by atoms with Crippen LogP contribution in [0.1, 0.15) is 25.3 Å². The van der Waals surface area contributed by atoms with E-state index >= 15 is 0 Å². The fraction of sp³-hybridized carbons (Fsp3) is 0.364. The van der Waals surface area contributed by atoms with Crippen molar-refractivity contribution in [3.8, 4) is 11.1 Å². The van der Waals surface area contributed by atoms with Crippen molar-refractivity contribution in [1.82, 2.24) is 13.9 Å². The van der Waals surface area contributed by atoms with E-state index in [1.807, 2.05) is 24.3 Å². The van der Waals surface area contributed by atoms with Crippen molar-refractivity contribution < 1.29 is 17.9 Å². The van der Waals surface area contributed by atoms with Gasteiger partial charge in [-0.05, 0) is 43.5 Å². The zero-order valence-corrected chi connectivity index (χ0v) is 17.9. The lowest BCUT2D eigenvalue weighted by molar-refractivity contribution is -0.116. The van der Waals surface area contributed by atoms with Crippen molar-refractivity contribution in [2.75, 3.05) is 20.2 Å². The molecule has 0 N–H and O–H groups in total. The standard InChI is InChI=1S/C22H25N3O4S/c1-16(26)13-18-15-23-25-12-7-17(14-21(18)25)20-5-3-4-6-22(20)30(27,28)24-10-8-19(29-2)9-11-24/h3-7,12,14-15,19H,8-11,13H2,1-2H3. The van der Waals surface area contributed by atoms with Crippen LogP contribution in [0.2, 0.25) is 0 Å². The first-order valence-electron chi connectivity index (χ1n) is 9.98. The molecule has 8 heteroatoms. The first-order valence-corrected chi connectivity index (χ1v) is 11.4. The van der Waals surface area contributed by atoms with Crippen molar-refractivity contribution in [1.29, 1.82) is 0 Å². The zero-order valence-electron chi connectivity index (χ0n) is 17.1. The number of hydrogen-bond donors (Lipinski definition) is 0. The van der Waals surface area contributed by atoms with Gasteiger partial charge in [0.05, 0.1) is 22.7 Å². The Hall–Kier alpha value is -2.55. The van der Waals surface area contributed by atoms with Gasteiger partial charge in [0, 0.05) is 43.9 Å². The second-order valence-corrected chi connectivity index (χ2v) is 9.54. The Morgan fingerprint density at radius 1 is 1.20 bits per heavy atom. The summed E-state index contributed by atoms with van der Waals surface area (Å²) in [6, 6.07) is 10.8. The first kappa shape index (κ1) is 20.7. The van der Waals surface area contributed by atoms with Gasteiger partial charge in [0.15, 0.2) is 0 Å². The average molecular weight is 428 g/mol. The number of fused-ring (bicyclic) bond motifs is 1. The second-order valence-electron chi connectivity index (χ2n) is 7.63. The lowest BCUT2D eigenvalue weighted by atomic mass is 10.0. The fourth-order valence-corrected chi connectivity index (χ4v) is 5.66. The molecule has 0 amide bonds. The van der Waals surface area contributed by atoms with Crippen LogP contribution in [0, 0.1) is 0 Å². The third kappa shape index (κ3) is 3.90. The number of nitrogens with zero attached hydrogens (tertiary/aromatic N) is 3. The Morgan fingerprint density at radius 2 is 1.93 bits per heavy atom. The normalized spacial score (nSPS) is 16.2. The monoisotopic (exact) mass is 427 g/mol. The van der Waals surface area contributed by atoms with E-state index in [4.69, 9.17) is 4.74 Å². The SMILES string of the molecule is COC1CCN(S(=O)(=O)c2ccccc2-c2ccn3ncc(CC(C)=O)c3c2)CC1. The number of carbonyl (C=O) groups is 1. The molecule has 0 radical (unpaired) electrons. The van der Waals surface area contributed by atoms with Crippen LogP contribution in [-0.2, 0) is 26.0 Å². The Balaban J connectivity index is 1.74. The maximum absolute atomic E-state index is 13.4. The third-order valence-corrected chi connectivity index (χ3v) is 7.55. The van der Waals surface area contributed by atoms with Gasteiger partial charge < -0.3 is 4.74 Å². The summed E-state index contributed by atoms with van der Waals surface area (Å²) >= 11 is 0. The predicted octanol–water partition coefficient (Wildman–Crippen LogP) is 2.93. The maximum atomic E-state index is 13.4. The molecule has 3 heterocycles. The van der Waals surface area contributed by atoms with Gasteiger partial charge in [-0.2, -0.15) is 9.40 Å². The summed E-state index contributed by atoms with van der Waals surface area (Å²) in [6.07, 6.45) is 5.25. The summed E-state index contributed by atoms with van der Waals surface area (Å²) in [6.45, 7) is 2.43. The first-order chi connectivity index (χ1) is 14.4. The van der Waals surface area contributed by atoms with Gasteiger partial charge in [-0.15, -0.1) is 0 Å². The Morgan fingerprint density at radius 3 is 2.63 bits per heavy atom. The molecule has 0 atom stereocenters. The number of piperidine rings is 1. The van der Waals surface area contributed by atoms with E-state index in [1.54, 1.807) is 47.4 Å². The number of aromatic nitrogens is 2. The molecule has 1 aromatic carbocycles. The van der Waals surface area contributed by atoms with Crippen LogP contribution in [0.3, 0.4) is 0 Å². The summed E-state index contributed by atoms with van der Waals surface area (Å²) < 4.78 is 35.5. The highest BCUT2D eigenvalue weighted by molar-refractivity contribution is 7.89. The summed E-state index contributed by atoms with van der Waals surface area (Å²) in [5.74, 6) is 0.0535. The van der Waals surface area contributed by atoms with Crippen LogP contribution in [0.15, 0.2) is 53.7 Å². The predicted molar refractivity (Wildman–Crippen MR) is 114 cm³/mol. The molecule has 3 aromatic rings. The minimum atomic E-state index is -3.64. The summed E-state index contributed by atoms with van der Waals surface area (Å²) in [5.41, 5.74) is 3.05. The van der Waals surface area contributed by atoms with E-state index in [0.29, 0.717) is 37.9 Å². The number of ketones is 1. The minimum absolute atomic E-state index is 0.0535. The lowest BCUT2D eigenvalue weighted by Gasteiger charge is -2.31. The molecule has 2 aromatic heterocycles. The molecular weight excluding hydrogens is 402 g/mol. The maximum Gasteiger partial charge on any atom is 0.243 e. The summed E-state index contributed by atoms with van der Waals surface area (Å²) in [5, 5.41) is 4.29. The van der Waals surface area contributed by atoms with E-state index in [-0.39, 0.29) is 16.8 Å². The van der Waals surface area contributed by atoms with E-state index in [1.165, 1.54) is 0 Å². The fourth-order valence-electron chi connectivity index (χ4n) is 3.98. The molecule has 1 saturated heterocycles. The van der Waals surface area contributed by atoms with Crippen molar-refractivity contribution >= 4 is 21.3 Å². The van der Waals surface area contributed by atoms with Gasteiger partial charge in [0.2, 0.25) is 10.0 Å². The van der Waals surface area contributed by atoms with Crippen LogP contribution in [0.5, 0.6) is 0 Å². The topological polar surface area (TPSA) is 81.0 Å². The zero-order chi connectivity index (χ0) is 21.3. The quantitative estimate of drug-likeness (QED) is 0.604. The largest absolute Gasteiger partial charge is 0.381 e. The van der Waals surface area contributed by atoms with Crippen molar-refractivity contribution in [3.63, 3.8) is 0 Å². The lowest BCUT2D eigenvalue weighted by Crippen LogP contribution is -2.40. The Labute approximate surface area is 176 Å². The Bertz CT molecular complexity index is 1180. The van der Waals surface area contributed by atoms with Crippen molar-refractivity contribution in [2.24, 2.45) is 0 Å². The third-order valence-electron chi connectivity index (χ3n) is 5.59. The number of methoxy groups -OCH3 is 1. The highest BCUT2D eigenvalue weighted by Crippen LogP contribution is 2.32. The number of hydrogen-bond acceptors (Lipinski definition) is 5. The molecule has 0 unspecified atom stereocenters. The number of benzene rings is 1. The molecule has 4 rings (SSSR count). The van der Waals surface area contributed by atoms with Gasteiger partial charge in [-0.1, -0.05) is 18.2 Å². The van der Waals surface area contributed by atoms with Gasteiger partial charge in [0.1, 0.15) is 5.78 Å². The number of ether oxygens (including phenoxy) is 1. The summed E-state index contributed by atoms with van der Waals surface area (Å²) in [7, 11) is -1.98. The minimum Gasteiger partial charge on any atom is -0.381 e. The number of pyridine rings is 1. The molecule has 0 saturated carbocycles. The number of rotatable bonds is 6. The van der Waals surface area contributed by atoms with Crippen LogP contribution < -0.4 is 0 Å². The summed E-state index contributed by atoms with van der Waals surface area (Å²) in [4.78, 5) is 11.9. The van der Waals surface area contributed by atoms with Crippen molar-refractivity contribution in [2.45, 2.75) is 37.2 Å². The molecular formula is C22H25N3O4S. The van der Waals surface area contributed by atoms with Gasteiger partial charge in [-0.3, -0.25) is 4.79 Å².